The van der Waals surface area contributed by atoms with Gasteiger partial charge in [-0.1, -0.05) is 12.2 Å². The SMILES string of the molecule is C=C(C)[C@@H](CC=O)C[C@H](OC(C)=O)C(C)=O. The van der Waals surface area contributed by atoms with Crippen molar-refractivity contribution in [2.45, 2.75) is 39.7 Å². The molecule has 0 saturated carbocycles. The monoisotopic (exact) mass is 226 g/mol. The fourth-order valence-electron chi connectivity index (χ4n) is 1.37. The lowest BCUT2D eigenvalue weighted by Crippen LogP contribution is -2.27. The highest BCUT2D eigenvalue weighted by atomic mass is 16.5. The first-order valence-corrected chi connectivity index (χ1v) is 5.15. The Kier molecular flexibility index (Phi) is 6.30. The lowest BCUT2D eigenvalue weighted by molar-refractivity contribution is -0.153. The second kappa shape index (κ2) is 6.93. The summed E-state index contributed by atoms with van der Waals surface area (Å²) >= 11 is 0. The van der Waals surface area contributed by atoms with E-state index in [0.29, 0.717) is 12.8 Å². The number of ketones is 1. The van der Waals surface area contributed by atoms with Gasteiger partial charge in [-0.25, -0.2) is 0 Å². The molecule has 0 saturated heterocycles. The van der Waals surface area contributed by atoms with Crippen molar-refractivity contribution in [3.05, 3.63) is 12.2 Å². The molecule has 0 aromatic carbocycles. The van der Waals surface area contributed by atoms with Crippen molar-refractivity contribution in [1.29, 1.82) is 0 Å². The second-order valence-electron chi connectivity index (χ2n) is 3.89. The molecule has 4 heteroatoms. The van der Waals surface area contributed by atoms with Crippen LogP contribution in [0.5, 0.6) is 0 Å². The number of hydrogen-bond donors (Lipinski definition) is 0. The molecular weight excluding hydrogens is 208 g/mol. The van der Waals surface area contributed by atoms with Crippen molar-refractivity contribution >= 4 is 18.0 Å². The second-order valence-corrected chi connectivity index (χ2v) is 3.89. The molecule has 90 valence electrons. The first kappa shape index (κ1) is 14.6. The zero-order valence-corrected chi connectivity index (χ0v) is 9.99. The van der Waals surface area contributed by atoms with Crippen molar-refractivity contribution in [2.75, 3.05) is 0 Å². The van der Waals surface area contributed by atoms with E-state index in [4.69, 9.17) is 4.74 Å². The van der Waals surface area contributed by atoms with Crippen LogP contribution in [-0.2, 0) is 19.1 Å². The molecule has 16 heavy (non-hydrogen) atoms. The Balaban J connectivity index is 4.56. The number of ether oxygens (including phenoxy) is 1. The van der Waals surface area contributed by atoms with Crippen molar-refractivity contribution in [3.63, 3.8) is 0 Å². The maximum absolute atomic E-state index is 11.2. The summed E-state index contributed by atoms with van der Waals surface area (Å²) in [6.07, 6.45) is 0.618. The van der Waals surface area contributed by atoms with Crippen molar-refractivity contribution in [2.24, 2.45) is 5.92 Å². The molecule has 0 aliphatic rings. The van der Waals surface area contributed by atoms with Crippen LogP contribution in [0.1, 0.15) is 33.6 Å². The normalized spacial score (nSPS) is 13.7. The first-order valence-electron chi connectivity index (χ1n) is 5.15. The fourth-order valence-corrected chi connectivity index (χ4v) is 1.37. The third kappa shape index (κ3) is 5.44. The first-order chi connectivity index (χ1) is 7.38. The molecule has 0 radical (unpaired) electrons. The van der Waals surface area contributed by atoms with Gasteiger partial charge in [0.2, 0.25) is 0 Å². The minimum atomic E-state index is -0.779. The third-order valence-corrected chi connectivity index (χ3v) is 2.34. The largest absolute Gasteiger partial charge is 0.455 e. The number of esters is 1. The van der Waals surface area contributed by atoms with Gasteiger partial charge in [0.25, 0.3) is 0 Å². The molecule has 0 amide bonds. The topological polar surface area (TPSA) is 60.4 Å². The zero-order chi connectivity index (χ0) is 12.7. The Hall–Kier alpha value is -1.45. The molecule has 0 aromatic rings. The van der Waals surface area contributed by atoms with Crippen LogP contribution in [-0.4, -0.2) is 24.1 Å². The predicted molar refractivity (Wildman–Crippen MR) is 59.8 cm³/mol. The Morgan fingerprint density at radius 2 is 1.88 bits per heavy atom. The van der Waals surface area contributed by atoms with Crippen LogP contribution in [0, 0.1) is 5.92 Å². The average Bonchev–Trinajstić information content (AvgIpc) is 2.14. The van der Waals surface area contributed by atoms with Gasteiger partial charge in [0.15, 0.2) is 11.9 Å². The highest BCUT2D eigenvalue weighted by Crippen LogP contribution is 2.20. The van der Waals surface area contributed by atoms with Crippen LogP contribution < -0.4 is 0 Å². The van der Waals surface area contributed by atoms with Crippen molar-refractivity contribution in [1.82, 2.24) is 0 Å². The summed E-state index contributed by atoms with van der Waals surface area (Å²) < 4.78 is 4.89. The summed E-state index contributed by atoms with van der Waals surface area (Å²) in [6, 6.07) is 0. The van der Waals surface area contributed by atoms with Gasteiger partial charge in [0, 0.05) is 13.3 Å². The van der Waals surface area contributed by atoms with E-state index in [1.54, 1.807) is 6.92 Å². The number of Topliss-reactive ketones (excluding diaryl/α,β-unsaturated/α-hetero) is 1. The van der Waals surface area contributed by atoms with Gasteiger partial charge < -0.3 is 9.53 Å². The van der Waals surface area contributed by atoms with Gasteiger partial charge in [-0.15, -0.1) is 0 Å². The van der Waals surface area contributed by atoms with E-state index < -0.39 is 12.1 Å². The van der Waals surface area contributed by atoms with Crippen molar-refractivity contribution in [3.8, 4) is 0 Å². The molecule has 0 N–H and O–H groups in total. The molecule has 0 bridgehead atoms. The van der Waals surface area contributed by atoms with E-state index in [1.165, 1.54) is 13.8 Å². The summed E-state index contributed by atoms with van der Waals surface area (Å²) in [5, 5.41) is 0. The highest BCUT2D eigenvalue weighted by molar-refractivity contribution is 5.83. The lowest BCUT2D eigenvalue weighted by Gasteiger charge is -2.20. The van der Waals surface area contributed by atoms with Gasteiger partial charge in [-0.2, -0.15) is 0 Å². The maximum Gasteiger partial charge on any atom is 0.303 e. The van der Waals surface area contributed by atoms with Crippen molar-refractivity contribution < 1.29 is 19.1 Å². The molecule has 0 spiro atoms. The van der Waals surface area contributed by atoms with E-state index in [2.05, 4.69) is 6.58 Å². The highest BCUT2D eigenvalue weighted by Gasteiger charge is 2.22. The minimum Gasteiger partial charge on any atom is -0.455 e. The van der Waals surface area contributed by atoms with Gasteiger partial charge in [0.1, 0.15) is 6.29 Å². The fraction of sp³-hybridized carbons (Fsp3) is 0.583. The molecule has 0 heterocycles. The Morgan fingerprint density at radius 3 is 2.19 bits per heavy atom. The van der Waals surface area contributed by atoms with E-state index in [0.717, 1.165) is 11.9 Å². The third-order valence-electron chi connectivity index (χ3n) is 2.34. The van der Waals surface area contributed by atoms with E-state index in [9.17, 15) is 14.4 Å². The number of rotatable bonds is 7. The molecule has 0 rings (SSSR count). The van der Waals surface area contributed by atoms with E-state index >= 15 is 0 Å². The zero-order valence-electron chi connectivity index (χ0n) is 9.99. The van der Waals surface area contributed by atoms with E-state index in [-0.39, 0.29) is 11.7 Å². The van der Waals surface area contributed by atoms with Gasteiger partial charge in [0.05, 0.1) is 0 Å². The number of allylic oxidation sites excluding steroid dienone is 1. The molecule has 4 nitrogen and oxygen atoms in total. The van der Waals surface area contributed by atoms with Crippen LogP contribution in [0.25, 0.3) is 0 Å². The summed E-state index contributed by atoms with van der Waals surface area (Å²) in [7, 11) is 0. The Morgan fingerprint density at radius 1 is 1.31 bits per heavy atom. The Labute approximate surface area is 95.7 Å². The molecule has 0 fully saturated rings. The number of carbonyl (C=O) groups is 3. The number of aldehydes is 1. The number of hydrogen-bond acceptors (Lipinski definition) is 4. The minimum absolute atomic E-state index is 0.120. The average molecular weight is 226 g/mol. The van der Waals surface area contributed by atoms with Crippen LogP contribution >= 0.6 is 0 Å². The van der Waals surface area contributed by atoms with E-state index in [1.807, 2.05) is 0 Å². The number of carbonyl (C=O) groups excluding carboxylic acids is 3. The molecule has 2 atom stereocenters. The maximum atomic E-state index is 11.2. The summed E-state index contributed by atoms with van der Waals surface area (Å²) in [6.45, 7) is 8.17. The smallest absolute Gasteiger partial charge is 0.303 e. The standard InChI is InChI=1S/C12H18O4/c1-8(2)11(5-6-13)7-12(9(3)14)16-10(4)15/h6,11-12H,1,5,7H2,2-4H3/t11-,12-/m0/s1. The molecule has 0 aliphatic heterocycles. The molecule has 0 aromatic heterocycles. The summed E-state index contributed by atoms with van der Waals surface area (Å²) in [5.41, 5.74) is 0.811. The lowest BCUT2D eigenvalue weighted by atomic mass is 9.91. The quantitative estimate of drug-likeness (QED) is 0.376. The van der Waals surface area contributed by atoms with Gasteiger partial charge in [-0.05, 0) is 26.2 Å². The van der Waals surface area contributed by atoms with Crippen LogP contribution in [0.4, 0.5) is 0 Å². The van der Waals surface area contributed by atoms with Crippen LogP contribution in [0.15, 0.2) is 12.2 Å². The summed E-state index contributed by atoms with van der Waals surface area (Å²) in [5.74, 6) is -0.829. The summed E-state index contributed by atoms with van der Waals surface area (Å²) in [4.78, 5) is 32.5. The van der Waals surface area contributed by atoms with Gasteiger partial charge >= 0.3 is 5.97 Å². The van der Waals surface area contributed by atoms with Gasteiger partial charge in [-0.3, -0.25) is 9.59 Å². The van der Waals surface area contributed by atoms with Crippen LogP contribution in [0.2, 0.25) is 0 Å². The predicted octanol–water partition coefficient (Wildman–Crippen LogP) is 1.68. The molecular formula is C12H18O4. The Bertz CT molecular complexity index is 293. The molecule has 0 aliphatic carbocycles. The van der Waals surface area contributed by atoms with Crippen LogP contribution in [0.3, 0.4) is 0 Å². The molecule has 0 unspecified atom stereocenters.